The van der Waals surface area contributed by atoms with Gasteiger partial charge >= 0.3 is 11.9 Å². The molecule has 0 aliphatic heterocycles. The lowest BCUT2D eigenvalue weighted by Crippen LogP contribution is -2.42. The second-order valence-corrected chi connectivity index (χ2v) is 8.75. The second kappa shape index (κ2) is 11.1. The molecule has 6 heteroatoms. The number of rotatable bonds is 8. The van der Waals surface area contributed by atoms with Crippen molar-refractivity contribution in [3.8, 4) is 0 Å². The van der Waals surface area contributed by atoms with Gasteiger partial charge in [-0.2, -0.15) is 0 Å². The molecule has 0 radical (unpaired) electrons. The first kappa shape index (κ1) is 26.6. The molecule has 0 rings (SSSR count). The molecule has 26 heavy (non-hydrogen) atoms. The van der Waals surface area contributed by atoms with Crippen molar-refractivity contribution in [2.24, 2.45) is 5.41 Å². The van der Waals surface area contributed by atoms with Gasteiger partial charge in [0, 0.05) is 22.7 Å². The average molecular weight is 371 g/mol. The quantitative estimate of drug-likeness (QED) is 0.448. The first-order valence-electron chi connectivity index (χ1n) is 8.75. The molecule has 1 unspecified atom stereocenters. The van der Waals surface area contributed by atoms with Crippen LogP contribution in [-0.2, 0) is 9.59 Å². The van der Waals surface area contributed by atoms with Gasteiger partial charge < -0.3 is 20.4 Å². The first-order chi connectivity index (χ1) is 11.5. The fraction of sp³-hybridized carbons (Fsp3) is 0.700. The van der Waals surface area contributed by atoms with E-state index in [1.807, 2.05) is 39.8 Å². The Bertz CT molecular complexity index is 497. The number of nitrogens with zero attached hydrogens (tertiary/aromatic N) is 1. The molecule has 3 N–H and O–H groups in total. The molecule has 0 aliphatic carbocycles. The van der Waals surface area contributed by atoms with E-state index in [1.54, 1.807) is 0 Å². The summed E-state index contributed by atoms with van der Waals surface area (Å²) in [5.74, 6) is -1.82. The van der Waals surface area contributed by atoms with Gasteiger partial charge in [-0.3, -0.25) is 0 Å². The zero-order valence-electron chi connectivity index (χ0n) is 17.8. The van der Waals surface area contributed by atoms with Crippen LogP contribution in [0.3, 0.4) is 0 Å². The summed E-state index contributed by atoms with van der Waals surface area (Å²) in [6.07, 6.45) is 1.38. The largest absolute Gasteiger partial charge is 0.478 e. The maximum absolute atomic E-state index is 10.8. The molecule has 0 aromatic carbocycles. The highest BCUT2D eigenvalue weighted by atomic mass is 16.4. The highest BCUT2D eigenvalue weighted by Crippen LogP contribution is 2.27. The monoisotopic (exact) mass is 370 g/mol. The zero-order chi connectivity index (χ0) is 21.3. The normalized spacial score (nSPS) is 12.8. The van der Waals surface area contributed by atoms with Crippen LogP contribution in [0.4, 0.5) is 0 Å². The van der Waals surface area contributed by atoms with Crippen molar-refractivity contribution in [2.45, 2.75) is 66.0 Å². The van der Waals surface area contributed by atoms with Crippen LogP contribution in [0, 0.1) is 5.41 Å². The van der Waals surface area contributed by atoms with Gasteiger partial charge in [-0.05, 0) is 59.7 Å². The predicted molar refractivity (Wildman–Crippen MR) is 107 cm³/mol. The molecule has 0 aromatic heterocycles. The maximum Gasteiger partial charge on any atom is 0.332 e. The molecule has 1 atom stereocenters. The Hall–Kier alpha value is -1.66. The van der Waals surface area contributed by atoms with E-state index in [0.29, 0.717) is 6.42 Å². The fourth-order valence-electron chi connectivity index (χ4n) is 2.60. The number of hydrogen-bond acceptors (Lipinski definition) is 4. The van der Waals surface area contributed by atoms with Crippen LogP contribution in [0.5, 0.6) is 0 Å². The first-order valence-corrected chi connectivity index (χ1v) is 8.75. The SMILES string of the molecule is C=C(C(=O)O)C(N(C)C)C(C)(C)C.C=C(CCCNC(C)(C)C)C(=O)O. The molecule has 6 nitrogen and oxygen atoms in total. The van der Waals surface area contributed by atoms with Crippen molar-refractivity contribution in [1.82, 2.24) is 10.2 Å². The number of hydrogen-bond donors (Lipinski definition) is 3. The third kappa shape index (κ3) is 12.7. The van der Waals surface area contributed by atoms with Crippen molar-refractivity contribution in [1.29, 1.82) is 0 Å². The summed E-state index contributed by atoms with van der Waals surface area (Å²) < 4.78 is 0. The van der Waals surface area contributed by atoms with Crippen LogP contribution in [-0.4, -0.2) is 59.3 Å². The van der Waals surface area contributed by atoms with E-state index in [1.165, 1.54) is 0 Å². The summed E-state index contributed by atoms with van der Waals surface area (Å²) in [5, 5.41) is 20.6. The minimum absolute atomic E-state index is 0.102. The molecule has 0 amide bonds. The van der Waals surface area contributed by atoms with Crippen LogP contribution in [0.15, 0.2) is 24.3 Å². The number of likely N-dealkylation sites (N-methyl/N-ethyl adjacent to an activating group) is 1. The van der Waals surface area contributed by atoms with Gasteiger partial charge in [0.05, 0.1) is 0 Å². The molecule has 0 bridgehead atoms. The lowest BCUT2D eigenvalue weighted by molar-refractivity contribution is -0.134. The summed E-state index contributed by atoms with van der Waals surface area (Å²) in [5.41, 5.74) is 0.525. The molecular weight excluding hydrogens is 332 g/mol. The van der Waals surface area contributed by atoms with Crippen LogP contribution in [0.2, 0.25) is 0 Å². The molecular formula is C20H38N2O4. The zero-order valence-corrected chi connectivity index (χ0v) is 17.8. The standard InChI is InChI=1S/2C10H19NO2/c1-7(9(12)13)8(11(5)6)10(2,3)4;1-8(9(12)13)6-5-7-11-10(2,3)4/h8H,1H2,2-6H3,(H,12,13);11H,1,5-7H2,2-4H3,(H,12,13). The summed E-state index contributed by atoms with van der Waals surface area (Å²) in [6.45, 7) is 20.2. The summed E-state index contributed by atoms with van der Waals surface area (Å²) in [7, 11) is 3.73. The van der Waals surface area contributed by atoms with Gasteiger partial charge in [-0.15, -0.1) is 0 Å². The van der Waals surface area contributed by atoms with Gasteiger partial charge in [-0.25, -0.2) is 9.59 Å². The van der Waals surface area contributed by atoms with Crippen molar-refractivity contribution < 1.29 is 19.8 Å². The number of nitrogens with one attached hydrogen (secondary N) is 1. The van der Waals surface area contributed by atoms with Crippen LogP contribution in [0.25, 0.3) is 0 Å². The molecule has 0 saturated carbocycles. The molecule has 0 aliphatic rings. The molecule has 0 heterocycles. The van der Waals surface area contributed by atoms with E-state index in [2.05, 4.69) is 39.2 Å². The van der Waals surface area contributed by atoms with Gasteiger partial charge in [0.15, 0.2) is 0 Å². The van der Waals surface area contributed by atoms with Crippen LogP contribution in [0.1, 0.15) is 54.4 Å². The van der Waals surface area contributed by atoms with E-state index >= 15 is 0 Å². The fourth-order valence-corrected chi connectivity index (χ4v) is 2.60. The predicted octanol–water partition coefficient (Wildman–Crippen LogP) is 3.40. The van der Waals surface area contributed by atoms with Crippen LogP contribution < -0.4 is 5.32 Å². The molecule has 0 spiro atoms. The smallest absolute Gasteiger partial charge is 0.332 e. The van der Waals surface area contributed by atoms with E-state index in [9.17, 15) is 9.59 Å². The highest BCUT2D eigenvalue weighted by Gasteiger charge is 2.31. The number of carboxylic acids is 2. The number of aliphatic carboxylic acids is 2. The Morgan fingerprint density at radius 2 is 1.46 bits per heavy atom. The van der Waals surface area contributed by atoms with Crippen molar-refractivity contribution in [2.75, 3.05) is 20.6 Å². The highest BCUT2D eigenvalue weighted by molar-refractivity contribution is 5.87. The van der Waals surface area contributed by atoms with Gasteiger partial charge in [-0.1, -0.05) is 33.9 Å². The minimum Gasteiger partial charge on any atom is -0.478 e. The van der Waals surface area contributed by atoms with E-state index < -0.39 is 11.9 Å². The van der Waals surface area contributed by atoms with Crippen molar-refractivity contribution in [3.63, 3.8) is 0 Å². The third-order valence-corrected chi connectivity index (χ3v) is 3.55. The van der Waals surface area contributed by atoms with Gasteiger partial charge in [0.1, 0.15) is 0 Å². The van der Waals surface area contributed by atoms with E-state index in [-0.39, 0.29) is 28.1 Å². The third-order valence-electron chi connectivity index (χ3n) is 3.55. The van der Waals surface area contributed by atoms with E-state index in [0.717, 1.165) is 13.0 Å². The Kier molecular flexibility index (Phi) is 11.4. The Morgan fingerprint density at radius 1 is 1.00 bits per heavy atom. The number of carbonyl (C=O) groups is 2. The number of carboxylic acid groups (broad SMARTS) is 2. The summed E-state index contributed by atoms with van der Waals surface area (Å²) in [6, 6.07) is -0.134. The molecule has 152 valence electrons. The topological polar surface area (TPSA) is 89.9 Å². The Labute approximate surface area is 159 Å². The average Bonchev–Trinajstić information content (AvgIpc) is 2.40. The minimum atomic E-state index is -0.923. The van der Waals surface area contributed by atoms with Crippen molar-refractivity contribution in [3.05, 3.63) is 24.3 Å². The lowest BCUT2D eigenvalue weighted by atomic mass is 9.82. The summed E-state index contributed by atoms with van der Waals surface area (Å²) >= 11 is 0. The lowest BCUT2D eigenvalue weighted by Gasteiger charge is -2.35. The van der Waals surface area contributed by atoms with Crippen LogP contribution >= 0.6 is 0 Å². The van der Waals surface area contributed by atoms with Crippen molar-refractivity contribution >= 4 is 11.9 Å². The second-order valence-electron chi connectivity index (χ2n) is 8.75. The maximum atomic E-state index is 10.8. The van der Waals surface area contributed by atoms with E-state index in [4.69, 9.17) is 10.2 Å². The Morgan fingerprint density at radius 3 is 1.69 bits per heavy atom. The van der Waals surface area contributed by atoms with Gasteiger partial charge in [0.25, 0.3) is 0 Å². The summed E-state index contributed by atoms with van der Waals surface area (Å²) in [4.78, 5) is 23.0. The Balaban J connectivity index is 0. The van der Waals surface area contributed by atoms with Gasteiger partial charge in [0.2, 0.25) is 0 Å². The molecule has 0 saturated heterocycles. The molecule has 0 aromatic rings. The molecule has 0 fully saturated rings.